The molecule has 94 valence electrons. The van der Waals surface area contributed by atoms with Gasteiger partial charge in [0.1, 0.15) is 6.34 Å². The molecule has 0 fully saturated rings. The van der Waals surface area contributed by atoms with E-state index in [4.69, 9.17) is 4.42 Å². The van der Waals surface area contributed by atoms with Crippen LogP contribution >= 0.6 is 0 Å². The average molecular weight is 252 g/mol. The summed E-state index contributed by atoms with van der Waals surface area (Å²) in [6.45, 7) is 3.69. The van der Waals surface area contributed by atoms with E-state index < -0.39 is 0 Å². The van der Waals surface area contributed by atoms with Gasteiger partial charge in [-0.05, 0) is 18.6 Å². The lowest BCUT2D eigenvalue weighted by Crippen LogP contribution is -2.29. The monoisotopic (exact) mass is 252 g/mol. The van der Waals surface area contributed by atoms with Gasteiger partial charge in [0.25, 0.3) is 5.88 Å². The molecule has 0 radical (unpaired) electrons. The summed E-state index contributed by atoms with van der Waals surface area (Å²) < 4.78 is 5.76. The quantitative estimate of drug-likeness (QED) is 0.783. The molecule has 1 aromatic heterocycles. The summed E-state index contributed by atoms with van der Waals surface area (Å²) in [6, 6.07) is 8.03. The Kier molecular flexibility index (Phi) is 2.09. The Morgan fingerprint density at radius 3 is 3.05 bits per heavy atom. The van der Waals surface area contributed by atoms with Crippen LogP contribution in [-0.2, 0) is 0 Å². The van der Waals surface area contributed by atoms with Crippen molar-refractivity contribution in [2.24, 2.45) is 9.98 Å². The van der Waals surface area contributed by atoms with Crippen LogP contribution in [-0.4, -0.2) is 35.1 Å². The van der Waals surface area contributed by atoms with Gasteiger partial charge in [-0.3, -0.25) is 4.99 Å². The van der Waals surface area contributed by atoms with E-state index in [-0.39, 0.29) is 0 Å². The molecule has 2 aliphatic rings. The van der Waals surface area contributed by atoms with Crippen molar-refractivity contribution in [2.75, 3.05) is 13.1 Å². The summed E-state index contributed by atoms with van der Waals surface area (Å²) in [5, 5.41) is 0. The largest absolute Gasteiger partial charge is 0.417 e. The molecule has 2 aromatic rings. The number of aromatic nitrogens is 1. The molecule has 5 heteroatoms. The predicted octanol–water partition coefficient (Wildman–Crippen LogP) is 2.39. The van der Waals surface area contributed by atoms with Crippen LogP contribution in [0.5, 0.6) is 0 Å². The zero-order valence-corrected chi connectivity index (χ0v) is 10.5. The Morgan fingerprint density at radius 2 is 2.16 bits per heavy atom. The summed E-state index contributed by atoms with van der Waals surface area (Å²) in [5.74, 6) is 2.03. The van der Waals surface area contributed by atoms with Gasteiger partial charge in [0.15, 0.2) is 11.5 Å². The lowest BCUT2D eigenvalue weighted by atomic mass is 10.1. The molecule has 5 nitrogen and oxygen atoms in total. The third-order valence-corrected chi connectivity index (χ3v) is 3.39. The Bertz CT molecular complexity index is 714. The minimum absolute atomic E-state index is 0.551. The van der Waals surface area contributed by atoms with Gasteiger partial charge in [0.05, 0.1) is 6.54 Å². The number of benzene rings is 1. The van der Waals surface area contributed by atoms with E-state index in [0.717, 1.165) is 35.7 Å². The second kappa shape index (κ2) is 3.78. The Morgan fingerprint density at radius 1 is 1.26 bits per heavy atom. The first kappa shape index (κ1) is 10.5. The van der Waals surface area contributed by atoms with Crippen LogP contribution in [0.1, 0.15) is 11.3 Å². The van der Waals surface area contributed by atoms with Crippen LogP contribution in [0.4, 0.5) is 5.88 Å². The normalized spacial score (nSPS) is 16.3. The van der Waals surface area contributed by atoms with Crippen molar-refractivity contribution in [3.8, 4) is 11.5 Å². The van der Waals surface area contributed by atoms with Gasteiger partial charge in [-0.1, -0.05) is 18.2 Å². The Labute approximate surface area is 110 Å². The minimum Gasteiger partial charge on any atom is -0.417 e. The van der Waals surface area contributed by atoms with E-state index in [9.17, 15) is 0 Å². The molecule has 19 heavy (non-hydrogen) atoms. The maximum absolute atomic E-state index is 5.76. The highest BCUT2D eigenvalue weighted by Gasteiger charge is 2.29. The molecule has 0 unspecified atom stereocenters. The predicted molar refractivity (Wildman–Crippen MR) is 72.9 cm³/mol. The van der Waals surface area contributed by atoms with Crippen molar-refractivity contribution in [1.29, 1.82) is 0 Å². The fourth-order valence-electron chi connectivity index (χ4n) is 2.38. The molecule has 4 rings (SSSR count). The summed E-state index contributed by atoms with van der Waals surface area (Å²) in [5.41, 5.74) is 2.88. The fraction of sp³-hybridized carbons (Fsp3) is 0.214. The summed E-state index contributed by atoms with van der Waals surface area (Å²) in [4.78, 5) is 15.3. The van der Waals surface area contributed by atoms with E-state index >= 15 is 0 Å². The molecular weight excluding hydrogens is 240 g/mol. The summed E-state index contributed by atoms with van der Waals surface area (Å²) >= 11 is 0. The first-order chi connectivity index (χ1) is 9.33. The maximum atomic E-state index is 5.76. The lowest BCUT2D eigenvalue weighted by molar-refractivity contribution is 0.578. The highest BCUT2D eigenvalue weighted by molar-refractivity contribution is 6.09. The highest BCUT2D eigenvalue weighted by Crippen LogP contribution is 2.32. The molecule has 0 saturated carbocycles. The average Bonchev–Trinajstić information content (AvgIpc) is 3.04. The smallest absolute Gasteiger partial charge is 0.252 e. The zero-order chi connectivity index (χ0) is 12.8. The molecule has 1 aromatic carbocycles. The molecule has 2 aliphatic heterocycles. The first-order valence-electron chi connectivity index (χ1n) is 6.25. The molecule has 0 bridgehead atoms. The van der Waals surface area contributed by atoms with E-state index in [1.54, 1.807) is 6.34 Å². The van der Waals surface area contributed by atoms with Gasteiger partial charge in [0, 0.05) is 12.1 Å². The van der Waals surface area contributed by atoms with Crippen molar-refractivity contribution in [3.05, 3.63) is 35.5 Å². The van der Waals surface area contributed by atoms with Crippen LogP contribution in [0, 0.1) is 6.92 Å². The number of nitrogens with zero attached hydrogens (tertiary/aromatic N) is 4. The summed E-state index contributed by atoms with van der Waals surface area (Å²) in [7, 11) is 0. The molecule has 0 saturated heterocycles. The van der Waals surface area contributed by atoms with Crippen molar-refractivity contribution >= 4 is 18.1 Å². The number of hydrogen-bond acceptors (Lipinski definition) is 5. The zero-order valence-electron chi connectivity index (χ0n) is 10.5. The number of amidine groups is 1. The molecule has 0 aliphatic carbocycles. The second-order valence-electron chi connectivity index (χ2n) is 4.63. The van der Waals surface area contributed by atoms with Crippen LogP contribution in [0.15, 0.2) is 38.7 Å². The van der Waals surface area contributed by atoms with Gasteiger partial charge >= 0.3 is 0 Å². The molecule has 0 N–H and O–H groups in total. The van der Waals surface area contributed by atoms with Gasteiger partial charge in [0.2, 0.25) is 5.89 Å². The third-order valence-electron chi connectivity index (χ3n) is 3.39. The van der Waals surface area contributed by atoms with Crippen LogP contribution in [0.2, 0.25) is 0 Å². The fourth-order valence-corrected chi connectivity index (χ4v) is 2.38. The van der Waals surface area contributed by atoms with E-state index in [1.165, 1.54) is 0 Å². The van der Waals surface area contributed by atoms with Crippen LogP contribution in [0.25, 0.3) is 11.5 Å². The molecular formula is C14H12N4O. The SMILES string of the molecule is Cc1ccccc1-c1nc2c(o1)N=CN1CCN=C21. The number of aryl methyl sites for hydroxylation is 1. The molecule has 0 amide bonds. The van der Waals surface area contributed by atoms with Crippen molar-refractivity contribution in [1.82, 2.24) is 9.88 Å². The summed E-state index contributed by atoms with van der Waals surface area (Å²) in [6.07, 6.45) is 1.76. The van der Waals surface area contributed by atoms with Gasteiger partial charge < -0.3 is 9.32 Å². The van der Waals surface area contributed by atoms with Crippen molar-refractivity contribution in [3.63, 3.8) is 0 Å². The molecule has 3 heterocycles. The topological polar surface area (TPSA) is 54.0 Å². The van der Waals surface area contributed by atoms with Crippen LogP contribution in [0.3, 0.4) is 0 Å². The number of hydrogen-bond donors (Lipinski definition) is 0. The van der Waals surface area contributed by atoms with Gasteiger partial charge in [-0.25, -0.2) is 9.98 Å². The van der Waals surface area contributed by atoms with E-state index in [2.05, 4.69) is 15.0 Å². The van der Waals surface area contributed by atoms with Crippen molar-refractivity contribution in [2.45, 2.75) is 6.92 Å². The van der Waals surface area contributed by atoms with E-state index in [0.29, 0.717) is 11.8 Å². The number of fused-ring (bicyclic) bond motifs is 3. The third kappa shape index (κ3) is 1.51. The number of aliphatic imine (C=N–C) groups is 2. The minimum atomic E-state index is 0.551. The Hall–Kier alpha value is -2.43. The maximum Gasteiger partial charge on any atom is 0.252 e. The Balaban J connectivity index is 1.86. The standard InChI is InChI=1S/C14H12N4O/c1-9-4-2-3-5-10(9)13-17-11-12-15-6-7-18(12)8-16-14(11)19-13/h2-5,8H,6-7H2,1H3. The lowest BCUT2D eigenvalue weighted by Gasteiger charge is -2.15. The second-order valence-corrected chi connectivity index (χ2v) is 4.63. The van der Waals surface area contributed by atoms with Crippen molar-refractivity contribution < 1.29 is 4.42 Å². The first-order valence-corrected chi connectivity index (χ1v) is 6.25. The highest BCUT2D eigenvalue weighted by atomic mass is 16.4. The molecule has 0 atom stereocenters. The van der Waals surface area contributed by atoms with E-state index in [1.807, 2.05) is 36.1 Å². The molecule has 0 spiro atoms. The van der Waals surface area contributed by atoms with Crippen LogP contribution < -0.4 is 0 Å². The van der Waals surface area contributed by atoms with Gasteiger partial charge in [-0.2, -0.15) is 0 Å². The number of oxazole rings is 1. The van der Waals surface area contributed by atoms with Gasteiger partial charge in [-0.15, -0.1) is 0 Å². The number of rotatable bonds is 1.